The van der Waals surface area contributed by atoms with Crippen LogP contribution in [0.3, 0.4) is 0 Å². The van der Waals surface area contributed by atoms with Gasteiger partial charge < -0.3 is 10.1 Å². The van der Waals surface area contributed by atoms with Crippen molar-refractivity contribution in [3.05, 3.63) is 24.3 Å². The molecule has 2 rings (SSSR count). The zero-order valence-corrected chi connectivity index (χ0v) is 15.8. The van der Waals surface area contributed by atoms with Crippen molar-refractivity contribution in [3.8, 4) is 0 Å². The lowest BCUT2D eigenvalue weighted by Crippen LogP contribution is -2.30. The van der Waals surface area contributed by atoms with Crippen LogP contribution in [0.25, 0.3) is 0 Å². The van der Waals surface area contributed by atoms with E-state index < -0.39 is 22.0 Å². The van der Waals surface area contributed by atoms with E-state index in [0.717, 1.165) is 19.3 Å². The van der Waals surface area contributed by atoms with Crippen molar-refractivity contribution in [3.63, 3.8) is 0 Å². The van der Waals surface area contributed by atoms with Crippen LogP contribution >= 0.6 is 0 Å². The summed E-state index contributed by atoms with van der Waals surface area (Å²) in [5.74, 6) is -0.264. The number of nitrogens with two attached hydrogens (primary N) is 1. The van der Waals surface area contributed by atoms with E-state index in [0.29, 0.717) is 18.0 Å². The molecule has 0 radical (unpaired) electrons. The highest BCUT2D eigenvalue weighted by molar-refractivity contribution is 7.89. The number of primary sulfonamides is 1. The number of hydrogen-bond donors (Lipinski definition) is 2. The van der Waals surface area contributed by atoms with Crippen LogP contribution in [-0.4, -0.2) is 26.4 Å². The van der Waals surface area contributed by atoms with Crippen molar-refractivity contribution in [2.45, 2.75) is 62.9 Å². The lowest BCUT2D eigenvalue weighted by atomic mass is 9.86. The highest BCUT2D eigenvalue weighted by Gasteiger charge is 2.20. The minimum atomic E-state index is -3.78. The van der Waals surface area contributed by atoms with Crippen molar-refractivity contribution in [1.82, 2.24) is 0 Å². The van der Waals surface area contributed by atoms with Gasteiger partial charge in [-0.05, 0) is 43.5 Å². The quantitative estimate of drug-likeness (QED) is 0.703. The van der Waals surface area contributed by atoms with E-state index in [9.17, 15) is 18.0 Å². The number of amides is 1. The molecule has 1 aliphatic carbocycles. The Labute approximate surface area is 154 Å². The van der Waals surface area contributed by atoms with Crippen LogP contribution in [0.1, 0.15) is 51.9 Å². The summed E-state index contributed by atoms with van der Waals surface area (Å²) in [6.07, 6.45) is 6.26. The lowest BCUT2D eigenvalue weighted by molar-refractivity contribution is -0.153. The van der Waals surface area contributed by atoms with E-state index in [2.05, 4.69) is 5.32 Å². The Morgan fingerprint density at radius 1 is 1.19 bits per heavy atom. The molecule has 1 unspecified atom stereocenters. The molecular weight excluding hydrogens is 356 g/mol. The number of rotatable bonds is 7. The number of benzene rings is 1. The smallest absolute Gasteiger partial charge is 0.306 e. The van der Waals surface area contributed by atoms with Crippen molar-refractivity contribution in [2.24, 2.45) is 11.1 Å². The first-order valence-electron chi connectivity index (χ1n) is 8.89. The zero-order valence-electron chi connectivity index (χ0n) is 14.9. The average molecular weight is 382 g/mol. The summed E-state index contributed by atoms with van der Waals surface area (Å²) in [4.78, 5) is 24.0. The molecule has 1 amide bonds. The van der Waals surface area contributed by atoms with Gasteiger partial charge in [-0.2, -0.15) is 0 Å². The molecule has 26 heavy (non-hydrogen) atoms. The summed E-state index contributed by atoms with van der Waals surface area (Å²) in [5.41, 5.74) is 0.396. The fraction of sp³-hybridized carbons (Fsp3) is 0.556. The summed E-state index contributed by atoms with van der Waals surface area (Å²) in [7, 11) is -3.78. The number of nitrogens with one attached hydrogen (secondary N) is 1. The molecule has 0 aromatic heterocycles. The first kappa shape index (κ1) is 20.4. The summed E-state index contributed by atoms with van der Waals surface area (Å²) >= 11 is 0. The predicted molar refractivity (Wildman–Crippen MR) is 97.8 cm³/mol. The number of anilines is 1. The van der Waals surface area contributed by atoms with Crippen LogP contribution in [0.4, 0.5) is 5.69 Å². The Bertz CT molecular complexity index is 724. The Morgan fingerprint density at radius 2 is 1.81 bits per heavy atom. The third kappa shape index (κ3) is 6.42. The van der Waals surface area contributed by atoms with Crippen LogP contribution in [-0.2, 0) is 24.3 Å². The van der Waals surface area contributed by atoms with Gasteiger partial charge in [0.2, 0.25) is 10.0 Å². The molecule has 0 aliphatic heterocycles. The summed E-state index contributed by atoms with van der Waals surface area (Å²) < 4.78 is 27.6. The first-order chi connectivity index (χ1) is 12.3. The number of ether oxygens (including phenoxy) is 1. The van der Waals surface area contributed by atoms with Crippen LogP contribution in [0.2, 0.25) is 0 Å². The molecular formula is C18H26N2O5S. The van der Waals surface area contributed by atoms with Gasteiger partial charge in [0.15, 0.2) is 6.10 Å². The van der Waals surface area contributed by atoms with Crippen LogP contribution < -0.4 is 10.5 Å². The molecule has 1 fully saturated rings. The molecule has 0 saturated heterocycles. The molecule has 3 N–H and O–H groups in total. The van der Waals surface area contributed by atoms with Gasteiger partial charge in [0.05, 0.1) is 4.90 Å². The second-order valence-electron chi connectivity index (χ2n) is 6.73. The first-order valence-corrected chi connectivity index (χ1v) is 10.4. The van der Waals surface area contributed by atoms with E-state index in [1.807, 2.05) is 0 Å². The Balaban J connectivity index is 1.78. The second-order valence-corrected chi connectivity index (χ2v) is 8.29. The molecule has 144 valence electrons. The normalized spacial score (nSPS) is 16.7. The van der Waals surface area contributed by atoms with E-state index >= 15 is 0 Å². The van der Waals surface area contributed by atoms with Crippen LogP contribution in [0.5, 0.6) is 0 Å². The van der Waals surface area contributed by atoms with E-state index in [1.54, 1.807) is 0 Å². The van der Waals surface area contributed by atoms with Gasteiger partial charge in [0.1, 0.15) is 0 Å². The Hall–Kier alpha value is -1.93. The number of sulfonamides is 1. The molecule has 8 heteroatoms. The molecule has 1 saturated carbocycles. The predicted octanol–water partition coefficient (Wildman–Crippen LogP) is 2.56. The van der Waals surface area contributed by atoms with E-state index in [4.69, 9.17) is 9.88 Å². The third-order valence-corrected chi connectivity index (χ3v) is 5.54. The standard InChI is InChI=1S/C18H26N2O5S/c1-13(25-17(21)12-7-14-5-3-2-4-6-14)18(22)20-15-8-10-16(11-9-15)26(19,23)24/h8-11,13-14H,2-7,12H2,1H3,(H,20,22)(H2,19,23,24). The lowest BCUT2D eigenvalue weighted by Gasteiger charge is -2.21. The van der Waals surface area contributed by atoms with Crippen molar-refractivity contribution >= 4 is 27.6 Å². The Kier molecular flexibility index (Phi) is 7.16. The zero-order chi connectivity index (χ0) is 19.2. The van der Waals surface area contributed by atoms with Gasteiger partial charge in [-0.25, -0.2) is 13.6 Å². The fourth-order valence-corrected chi connectivity index (χ4v) is 3.59. The maximum absolute atomic E-state index is 12.1. The maximum atomic E-state index is 12.1. The van der Waals surface area contributed by atoms with Gasteiger partial charge in [-0.15, -0.1) is 0 Å². The van der Waals surface area contributed by atoms with Crippen molar-refractivity contribution in [2.75, 3.05) is 5.32 Å². The van der Waals surface area contributed by atoms with Crippen LogP contribution in [0.15, 0.2) is 29.2 Å². The minimum Gasteiger partial charge on any atom is -0.453 e. The largest absolute Gasteiger partial charge is 0.453 e. The summed E-state index contributed by atoms with van der Waals surface area (Å²) in [6, 6.07) is 5.45. The van der Waals surface area contributed by atoms with E-state index in [1.165, 1.54) is 50.5 Å². The molecule has 1 aliphatic rings. The van der Waals surface area contributed by atoms with Gasteiger partial charge in [-0.3, -0.25) is 9.59 Å². The third-order valence-electron chi connectivity index (χ3n) is 4.61. The summed E-state index contributed by atoms with van der Waals surface area (Å²) in [6.45, 7) is 1.51. The van der Waals surface area contributed by atoms with E-state index in [-0.39, 0.29) is 10.9 Å². The van der Waals surface area contributed by atoms with Gasteiger partial charge in [-0.1, -0.05) is 32.1 Å². The van der Waals surface area contributed by atoms with Gasteiger partial charge in [0, 0.05) is 12.1 Å². The number of carbonyl (C=O) groups is 2. The number of esters is 1. The van der Waals surface area contributed by atoms with Crippen molar-refractivity contribution in [1.29, 1.82) is 0 Å². The summed E-state index contributed by atoms with van der Waals surface area (Å²) in [5, 5.41) is 7.60. The number of carbonyl (C=O) groups excluding carboxylic acids is 2. The maximum Gasteiger partial charge on any atom is 0.306 e. The van der Waals surface area contributed by atoms with Gasteiger partial charge in [0.25, 0.3) is 5.91 Å². The molecule has 1 atom stereocenters. The molecule has 7 nitrogen and oxygen atoms in total. The van der Waals surface area contributed by atoms with Crippen molar-refractivity contribution < 1.29 is 22.7 Å². The Morgan fingerprint density at radius 3 is 2.38 bits per heavy atom. The SMILES string of the molecule is CC(OC(=O)CCC1CCCCC1)C(=O)Nc1ccc(S(N)(=O)=O)cc1. The monoisotopic (exact) mass is 382 g/mol. The van der Waals surface area contributed by atoms with Gasteiger partial charge >= 0.3 is 5.97 Å². The molecule has 0 bridgehead atoms. The minimum absolute atomic E-state index is 0.0438. The second kappa shape index (κ2) is 9.14. The fourth-order valence-electron chi connectivity index (χ4n) is 3.08. The molecule has 1 aromatic carbocycles. The molecule has 0 heterocycles. The number of hydrogen-bond acceptors (Lipinski definition) is 5. The average Bonchev–Trinajstić information content (AvgIpc) is 2.60. The molecule has 1 aromatic rings. The highest BCUT2D eigenvalue weighted by Crippen LogP contribution is 2.27. The topological polar surface area (TPSA) is 116 Å². The molecule has 0 spiro atoms. The van der Waals surface area contributed by atoms with Crippen LogP contribution in [0, 0.1) is 5.92 Å². The highest BCUT2D eigenvalue weighted by atomic mass is 32.2.